The minimum absolute atomic E-state index is 0.261. The lowest BCUT2D eigenvalue weighted by Gasteiger charge is -2.10. The van der Waals surface area contributed by atoms with Crippen molar-refractivity contribution in [3.63, 3.8) is 0 Å². The van der Waals surface area contributed by atoms with Crippen LogP contribution in [0.1, 0.15) is 20.7 Å². The monoisotopic (exact) mass is 380 g/mol. The van der Waals surface area contributed by atoms with Crippen molar-refractivity contribution in [1.29, 1.82) is 0 Å². The number of methoxy groups -OCH3 is 1. The molecule has 0 fully saturated rings. The standard InChI is InChI=1S/C21H17ClN2O3/c1-27-19-8-3-2-7-18(19)21(26)24-17-11-9-16(10-12-17)23-20(25)14-5-4-6-15(22)13-14/h2-13H,1H3,(H,23,25)(H,24,26). The number of carbonyl (C=O) groups excluding carboxylic acids is 2. The summed E-state index contributed by atoms with van der Waals surface area (Å²) in [4.78, 5) is 24.6. The van der Waals surface area contributed by atoms with Gasteiger partial charge in [-0.15, -0.1) is 0 Å². The molecule has 136 valence electrons. The van der Waals surface area contributed by atoms with Crippen molar-refractivity contribution in [2.24, 2.45) is 0 Å². The molecule has 2 amide bonds. The number of anilines is 2. The summed E-state index contributed by atoms with van der Waals surface area (Å²) in [6, 6.07) is 20.5. The summed E-state index contributed by atoms with van der Waals surface area (Å²) in [5.74, 6) is -0.0353. The van der Waals surface area contributed by atoms with Crippen molar-refractivity contribution >= 4 is 34.8 Å². The van der Waals surface area contributed by atoms with Crippen LogP contribution in [0.5, 0.6) is 5.75 Å². The van der Waals surface area contributed by atoms with E-state index in [2.05, 4.69) is 10.6 Å². The van der Waals surface area contributed by atoms with Crippen molar-refractivity contribution in [2.45, 2.75) is 0 Å². The Morgan fingerprint density at radius 3 is 2.07 bits per heavy atom. The molecule has 3 aromatic rings. The third-order valence-electron chi connectivity index (χ3n) is 3.84. The Labute approximate surface area is 161 Å². The maximum absolute atomic E-state index is 12.4. The summed E-state index contributed by atoms with van der Waals surface area (Å²) in [6.45, 7) is 0. The van der Waals surface area contributed by atoms with Gasteiger partial charge in [-0.05, 0) is 54.6 Å². The van der Waals surface area contributed by atoms with Crippen LogP contribution in [0.3, 0.4) is 0 Å². The zero-order valence-corrected chi connectivity index (χ0v) is 15.3. The third kappa shape index (κ3) is 4.65. The summed E-state index contributed by atoms with van der Waals surface area (Å²) < 4.78 is 5.20. The minimum atomic E-state index is -0.275. The first kappa shape index (κ1) is 18.5. The predicted octanol–water partition coefficient (Wildman–Crippen LogP) is 4.85. The van der Waals surface area contributed by atoms with E-state index in [4.69, 9.17) is 16.3 Å². The van der Waals surface area contributed by atoms with Gasteiger partial charge in [0.1, 0.15) is 5.75 Å². The van der Waals surface area contributed by atoms with Gasteiger partial charge in [0.15, 0.2) is 0 Å². The van der Waals surface area contributed by atoms with Crippen LogP contribution in [-0.2, 0) is 0 Å². The second kappa shape index (κ2) is 8.38. The molecular formula is C21H17ClN2O3. The molecule has 2 N–H and O–H groups in total. The summed E-state index contributed by atoms with van der Waals surface area (Å²) >= 11 is 5.90. The average molecular weight is 381 g/mol. The highest BCUT2D eigenvalue weighted by molar-refractivity contribution is 6.31. The van der Waals surface area contributed by atoms with Gasteiger partial charge in [0.05, 0.1) is 12.7 Å². The van der Waals surface area contributed by atoms with E-state index in [1.807, 2.05) is 0 Å². The van der Waals surface area contributed by atoms with Gasteiger partial charge in [-0.2, -0.15) is 0 Å². The van der Waals surface area contributed by atoms with Crippen LogP contribution in [0.4, 0.5) is 11.4 Å². The molecule has 0 radical (unpaired) electrons. The van der Waals surface area contributed by atoms with E-state index in [0.717, 1.165) is 0 Å². The highest BCUT2D eigenvalue weighted by Crippen LogP contribution is 2.20. The van der Waals surface area contributed by atoms with Gasteiger partial charge in [0.25, 0.3) is 11.8 Å². The fourth-order valence-corrected chi connectivity index (χ4v) is 2.69. The van der Waals surface area contributed by atoms with Gasteiger partial charge < -0.3 is 15.4 Å². The van der Waals surface area contributed by atoms with E-state index in [1.165, 1.54) is 7.11 Å². The fraction of sp³-hybridized carbons (Fsp3) is 0.0476. The number of hydrogen-bond acceptors (Lipinski definition) is 3. The van der Waals surface area contributed by atoms with Crippen LogP contribution in [-0.4, -0.2) is 18.9 Å². The zero-order chi connectivity index (χ0) is 19.2. The molecule has 5 nitrogen and oxygen atoms in total. The van der Waals surface area contributed by atoms with Crippen LogP contribution in [0.2, 0.25) is 5.02 Å². The SMILES string of the molecule is COc1ccccc1C(=O)Nc1ccc(NC(=O)c2cccc(Cl)c2)cc1. The quantitative estimate of drug-likeness (QED) is 0.664. The molecule has 3 aromatic carbocycles. The maximum atomic E-state index is 12.4. The molecule has 0 bridgehead atoms. The lowest BCUT2D eigenvalue weighted by molar-refractivity contribution is 0.101. The van der Waals surface area contributed by atoms with E-state index in [-0.39, 0.29) is 11.8 Å². The Bertz CT molecular complexity index is 971. The fourth-order valence-electron chi connectivity index (χ4n) is 2.50. The third-order valence-corrected chi connectivity index (χ3v) is 4.07. The number of amides is 2. The summed E-state index contributed by atoms with van der Waals surface area (Å²) in [5, 5.41) is 6.09. The van der Waals surface area contributed by atoms with Crippen molar-refractivity contribution in [3.05, 3.63) is 88.9 Å². The average Bonchev–Trinajstić information content (AvgIpc) is 2.69. The highest BCUT2D eigenvalue weighted by Gasteiger charge is 2.12. The molecular weight excluding hydrogens is 364 g/mol. The van der Waals surface area contributed by atoms with E-state index in [9.17, 15) is 9.59 Å². The minimum Gasteiger partial charge on any atom is -0.496 e. The van der Waals surface area contributed by atoms with Gasteiger partial charge in [-0.3, -0.25) is 9.59 Å². The lowest BCUT2D eigenvalue weighted by atomic mass is 10.1. The molecule has 0 atom stereocenters. The van der Waals surface area contributed by atoms with Gasteiger partial charge in [-0.1, -0.05) is 29.8 Å². The predicted molar refractivity (Wildman–Crippen MR) is 107 cm³/mol. The topological polar surface area (TPSA) is 67.4 Å². The van der Waals surface area contributed by atoms with Crippen LogP contribution < -0.4 is 15.4 Å². The number of rotatable bonds is 5. The number of carbonyl (C=O) groups is 2. The number of hydrogen-bond donors (Lipinski definition) is 2. The van der Waals surface area contributed by atoms with Crippen molar-refractivity contribution in [2.75, 3.05) is 17.7 Å². The molecule has 3 rings (SSSR count). The van der Waals surface area contributed by atoms with Crippen LogP contribution in [0.25, 0.3) is 0 Å². The molecule has 0 heterocycles. The molecule has 0 aliphatic heterocycles. The first-order chi connectivity index (χ1) is 13.1. The van der Waals surface area contributed by atoms with Gasteiger partial charge in [-0.25, -0.2) is 0 Å². The van der Waals surface area contributed by atoms with Crippen LogP contribution >= 0.6 is 11.6 Å². The van der Waals surface area contributed by atoms with E-state index in [0.29, 0.717) is 33.3 Å². The van der Waals surface area contributed by atoms with E-state index >= 15 is 0 Å². The molecule has 6 heteroatoms. The maximum Gasteiger partial charge on any atom is 0.259 e. The number of benzene rings is 3. The van der Waals surface area contributed by atoms with Crippen molar-refractivity contribution in [1.82, 2.24) is 0 Å². The normalized spacial score (nSPS) is 10.1. The van der Waals surface area contributed by atoms with Gasteiger partial charge in [0.2, 0.25) is 0 Å². The molecule has 0 saturated heterocycles. The molecule has 0 aliphatic carbocycles. The first-order valence-electron chi connectivity index (χ1n) is 8.18. The first-order valence-corrected chi connectivity index (χ1v) is 8.56. The molecule has 0 aromatic heterocycles. The molecule has 0 unspecified atom stereocenters. The van der Waals surface area contributed by atoms with Crippen LogP contribution in [0.15, 0.2) is 72.8 Å². The second-order valence-corrected chi connectivity index (χ2v) is 6.13. The number of nitrogens with one attached hydrogen (secondary N) is 2. The smallest absolute Gasteiger partial charge is 0.259 e. The second-order valence-electron chi connectivity index (χ2n) is 5.70. The molecule has 0 spiro atoms. The lowest BCUT2D eigenvalue weighted by Crippen LogP contribution is -2.14. The number of para-hydroxylation sites is 1. The molecule has 27 heavy (non-hydrogen) atoms. The van der Waals surface area contributed by atoms with Crippen molar-refractivity contribution < 1.29 is 14.3 Å². The Kier molecular flexibility index (Phi) is 5.74. The number of halogens is 1. The molecule has 0 aliphatic rings. The zero-order valence-electron chi connectivity index (χ0n) is 14.5. The van der Waals surface area contributed by atoms with E-state index < -0.39 is 0 Å². The highest BCUT2D eigenvalue weighted by atomic mass is 35.5. The summed E-state index contributed by atoms with van der Waals surface area (Å²) in [7, 11) is 1.52. The van der Waals surface area contributed by atoms with Gasteiger partial charge in [0, 0.05) is 22.0 Å². The van der Waals surface area contributed by atoms with Crippen molar-refractivity contribution in [3.8, 4) is 5.75 Å². The Hall–Kier alpha value is -3.31. The summed E-state index contributed by atoms with van der Waals surface area (Å²) in [6.07, 6.45) is 0. The Morgan fingerprint density at radius 2 is 1.44 bits per heavy atom. The van der Waals surface area contributed by atoms with Gasteiger partial charge >= 0.3 is 0 Å². The Morgan fingerprint density at radius 1 is 0.815 bits per heavy atom. The summed E-state index contributed by atoms with van der Waals surface area (Å²) in [5.41, 5.74) is 2.12. The number of ether oxygens (including phenoxy) is 1. The largest absolute Gasteiger partial charge is 0.496 e. The Balaban J connectivity index is 1.67. The molecule has 0 saturated carbocycles. The van der Waals surface area contributed by atoms with E-state index in [1.54, 1.807) is 72.8 Å². The van der Waals surface area contributed by atoms with Crippen LogP contribution in [0, 0.1) is 0 Å².